The molecule has 106 valence electrons. The molecule has 0 aromatic carbocycles. The number of carboxylic acids is 1. The Bertz CT molecular complexity index is 664. The zero-order valence-electron chi connectivity index (χ0n) is 11.6. The number of anilines is 1. The molecule has 0 atom stereocenters. The lowest BCUT2D eigenvalue weighted by atomic mass is 10.2. The van der Waals surface area contributed by atoms with Crippen LogP contribution in [0.15, 0.2) is 6.33 Å². The van der Waals surface area contributed by atoms with Crippen molar-refractivity contribution < 1.29 is 9.90 Å². The number of hydrogen-bond acceptors (Lipinski definition) is 5. The summed E-state index contributed by atoms with van der Waals surface area (Å²) in [7, 11) is 0. The second-order valence-electron chi connectivity index (χ2n) is 5.22. The molecule has 2 heterocycles. The molecule has 2 aromatic heterocycles. The summed E-state index contributed by atoms with van der Waals surface area (Å²) in [5, 5.41) is 10.2. The Morgan fingerprint density at radius 3 is 2.85 bits per heavy atom. The van der Waals surface area contributed by atoms with E-state index in [9.17, 15) is 9.90 Å². The van der Waals surface area contributed by atoms with Gasteiger partial charge in [-0.25, -0.2) is 14.8 Å². The highest BCUT2D eigenvalue weighted by molar-refractivity contribution is 7.20. The van der Waals surface area contributed by atoms with Gasteiger partial charge in [0.2, 0.25) is 0 Å². The van der Waals surface area contributed by atoms with Gasteiger partial charge in [0.25, 0.3) is 0 Å². The van der Waals surface area contributed by atoms with Crippen LogP contribution in [0.3, 0.4) is 0 Å². The third kappa shape index (κ3) is 2.24. The highest BCUT2D eigenvalue weighted by Crippen LogP contribution is 2.37. The highest BCUT2D eigenvalue weighted by atomic mass is 32.1. The molecule has 1 fully saturated rings. The van der Waals surface area contributed by atoms with Gasteiger partial charge in [-0.1, -0.05) is 0 Å². The monoisotopic (exact) mass is 291 g/mol. The standard InChI is InChI=1S/C14H17N3O2S/c1-3-17(6-9-4-5-9)12-10-8(2)11(14(18)19)20-13(10)16-7-15-12/h7,9H,3-6H2,1-2H3,(H,18,19). The molecule has 1 aliphatic carbocycles. The maximum atomic E-state index is 11.3. The van der Waals surface area contributed by atoms with Crippen molar-refractivity contribution in [1.29, 1.82) is 0 Å². The summed E-state index contributed by atoms with van der Waals surface area (Å²) in [4.78, 5) is 23.3. The van der Waals surface area contributed by atoms with E-state index in [0.717, 1.165) is 40.6 Å². The van der Waals surface area contributed by atoms with Crippen molar-refractivity contribution >= 4 is 33.3 Å². The molecule has 0 saturated heterocycles. The Hall–Kier alpha value is -1.69. The molecule has 0 spiro atoms. The van der Waals surface area contributed by atoms with Crippen LogP contribution in [0.2, 0.25) is 0 Å². The molecule has 1 N–H and O–H groups in total. The average Bonchev–Trinajstić information content (AvgIpc) is 3.18. The van der Waals surface area contributed by atoms with Crippen LogP contribution >= 0.6 is 11.3 Å². The zero-order valence-corrected chi connectivity index (χ0v) is 12.4. The van der Waals surface area contributed by atoms with Crippen molar-refractivity contribution in [3.63, 3.8) is 0 Å². The minimum absolute atomic E-state index is 0.365. The number of rotatable bonds is 5. The number of thiophene rings is 1. The summed E-state index contributed by atoms with van der Waals surface area (Å²) in [5.74, 6) is 0.755. The van der Waals surface area contributed by atoms with Gasteiger partial charge >= 0.3 is 5.97 Å². The topological polar surface area (TPSA) is 66.3 Å². The molecule has 1 aliphatic rings. The first kappa shape index (κ1) is 13.3. The van der Waals surface area contributed by atoms with E-state index in [1.165, 1.54) is 30.5 Å². The van der Waals surface area contributed by atoms with Crippen molar-refractivity contribution in [2.24, 2.45) is 5.92 Å². The number of hydrogen-bond donors (Lipinski definition) is 1. The lowest BCUT2D eigenvalue weighted by Crippen LogP contribution is -2.26. The highest BCUT2D eigenvalue weighted by Gasteiger charge is 2.26. The molecule has 5 nitrogen and oxygen atoms in total. The summed E-state index contributed by atoms with van der Waals surface area (Å²) in [6.07, 6.45) is 4.11. The maximum absolute atomic E-state index is 11.3. The lowest BCUT2D eigenvalue weighted by molar-refractivity contribution is 0.0701. The summed E-state index contributed by atoms with van der Waals surface area (Å²) >= 11 is 1.23. The Kier molecular flexibility index (Phi) is 3.33. The van der Waals surface area contributed by atoms with E-state index in [1.54, 1.807) is 0 Å². The van der Waals surface area contributed by atoms with Crippen LogP contribution in [-0.4, -0.2) is 34.1 Å². The fraction of sp³-hybridized carbons (Fsp3) is 0.500. The van der Waals surface area contributed by atoms with E-state index in [4.69, 9.17) is 0 Å². The fourth-order valence-corrected chi connectivity index (χ4v) is 3.46. The minimum Gasteiger partial charge on any atom is -0.477 e. The number of fused-ring (bicyclic) bond motifs is 1. The number of carbonyl (C=O) groups is 1. The maximum Gasteiger partial charge on any atom is 0.346 e. The molecule has 20 heavy (non-hydrogen) atoms. The number of carboxylic acid groups (broad SMARTS) is 1. The summed E-state index contributed by atoms with van der Waals surface area (Å²) < 4.78 is 0. The molecule has 6 heteroatoms. The molecule has 1 saturated carbocycles. The van der Waals surface area contributed by atoms with Crippen LogP contribution < -0.4 is 4.90 Å². The smallest absolute Gasteiger partial charge is 0.346 e. The van der Waals surface area contributed by atoms with Crippen LogP contribution in [0.5, 0.6) is 0 Å². The zero-order chi connectivity index (χ0) is 14.3. The van der Waals surface area contributed by atoms with E-state index in [1.807, 2.05) is 6.92 Å². The summed E-state index contributed by atoms with van der Waals surface area (Å²) in [5.41, 5.74) is 0.780. The summed E-state index contributed by atoms with van der Waals surface area (Å²) in [6.45, 7) is 5.83. The second-order valence-corrected chi connectivity index (χ2v) is 6.22. The predicted molar refractivity (Wildman–Crippen MR) is 79.7 cm³/mol. The van der Waals surface area contributed by atoms with Crippen molar-refractivity contribution in [2.75, 3.05) is 18.0 Å². The molecule has 2 aromatic rings. The number of aromatic nitrogens is 2. The second kappa shape index (κ2) is 5.01. The molecular formula is C14H17N3O2S. The first-order valence-corrected chi connectivity index (χ1v) is 7.65. The van der Waals surface area contributed by atoms with Gasteiger partial charge in [0.15, 0.2) is 0 Å². The predicted octanol–water partition coefficient (Wildman–Crippen LogP) is 2.93. The molecule has 0 unspecified atom stereocenters. The number of nitrogens with zero attached hydrogens (tertiary/aromatic N) is 3. The van der Waals surface area contributed by atoms with E-state index in [-0.39, 0.29) is 0 Å². The quantitative estimate of drug-likeness (QED) is 0.917. The Balaban J connectivity index is 2.11. The molecular weight excluding hydrogens is 274 g/mol. The van der Waals surface area contributed by atoms with Crippen LogP contribution in [0.1, 0.15) is 35.0 Å². The van der Waals surface area contributed by atoms with Crippen molar-refractivity contribution in [2.45, 2.75) is 26.7 Å². The Labute approximate surface area is 121 Å². The molecule has 0 bridgehead atoms. The van der Waals surface area contributed by atoms with Gasteiger partial charge in [-0.05, 0) is 38.2 Å². The van der Waals surface area contributed by atoms with Gasteiger partial charge in [0.1, 0.15) is 21.9 Å². The van der Waals surface area contributed by atoms with Crippen molar-refractivity contribution in [3.05, 3.63) is 16.8 Å². The van der Waals surface area contributed by atoms with Gasteiger partial charge in [-0.3, -0.25) is 0 Å². The number of aryl methyl sites for hydroxylation is 1. The molecule has 0 aliphatic heterocycles. The largest absolute Gasteiger partial charge is 0.477 e. The van der Waals surface area contributed by atoms with Crippen LogP contribution in [-0.2, 0) is 0 Å². The van der Waals surface area contributed by atoms with Gasteiger partial charge in [-0.15, -0.1) is 11.3 Å². The van der Waals surface area contributed by atoms with Crippen LogP contribution in [0.25, 0.3) is 10.2 Å². The minimum atomic E-state index is -0.887. The van der Waals surface area contributed by atoms with E-state index >= 15 is 0 Å². The van der Waals surface area contributed by atoms with Gasteiger partial charge in [0, 0.05) is 13.1 Å². The molecule has 0 radical (unpaired) electrons. The fourth-order valence-electron chi connectivity index (χ4n) is 2.47. The van der Waals surface area contributed by atoms with Gasteiger partial charge < -0.3 is 10.0 Å². The van der Waals surface area contributed by atoms with Crippen molar-refractivity contribution in [3.8, 4) is 0 Å². The van der Waals surface area contributed by atoms with Crippen molar-refractivity contribution in [1.82, 2.24) is 9.97 Å². The third-order valence-electron chi connectivity index (χ3n) is 3.76. The number of aromatic carboxylic acids is 1. The lowest BCUT2D eigenvalue weighted by Gasteiger charge is -2.22. The van der Waals surface area contributed by atoms with E-state index in [2.05, 4.69) is 21.8 Å². The SMILES string of the molecule is CCN(CC1CC1)c1ncnc2sc(C(=O)O)c(C)c12. The van der Waals surface area contributed by atoms with E-state index in [0.29, 0.717) is 4.88 Å². The normalized spacial score (nSPS) is 14.7. The summed E-state index contributed by atoms with van der Waals surface area (Å²) in [6, 6.07) is 0. The first-order chi connectivity index (χ1) is 9.61. The Morgan fingerprint density at radius 1 is 1.50 bits per heavy atom. The van der Waals surface area contributed by atoms with Crippen LogP contribution in [0.4, 0.5) is 5.82 Å². The average molecular weight is 291 g/mol. The van der Waals surface area contributed by atoms with Crippen LogP contribution in [0, 0.1) is 12.8 Å². The van der Waals surface area contributed by atoms with Gasteiger partial charge in [0.05, 0.1) is 5.39 Å². The molecule has 3 rings (SSSR count). The third-order valence-corrected chi connectivity index (χ3v) is 4.95. The first-order valence-electron chi connectivity index (χ1n) is 6.84. The van der Waals surface area contributed by atoms with Gasteiger partial charge in [-0.2, -0.15) is 0 Å². The van der Waals surface area contributed by atoms with E-state index < -0.39 is 5.97 Å². The Morgan fingerprint density at radius 2 is 2.25 bits per heavy atom. The molecule has 0 amide bonds.